The maximum absolute atomic E-state index is 12.0. The zero-order valence-corrected chi connectivity index (χ0v) is 14.3. The maximum atomic E-state index is 12.0. The number of para-hydroxylation sites is 3. The van der Waals surface area contributed by atoms with Crippen molar-refractivity contribution in [1.82, 2.24) is 0 Å². The van der Waals surface area contributed by atoms with Gasteiger partial charge in [0.15, 0.2) is 18.1 Å². The predicted molar refractivity (Wildman–Crippen MR) is 92.4 cm³/mol. The molecule has 25 heavy (non-hydrogen) atoms. The van der Waals surface area contributed by atoms with Gasteiger partial charge in [0.1, 0.15) is 6.61 Å². The van der Waals surface area contributed by atoms with Gasteiger partial charge >= 0.3 is 5.97 Å². The molecule has 0 bridgehead atoms. The van der Waals surface area contributed by atoms with Crippen molar-refractivity contribution in [3.8, 4) is 11.5 Å². The van der Waals surface area contributed by atoms with Gasteiger partial charge in [0.25, 0.3) is 5.91 Å². The van der Waals surface area contributed by atoms with Gasteiger partial charge in [-0.05, 0) is 24.3 Å². The Bertz CT molecular complexity index is 791. The number of fused-ring (bicyclic) bond motifs is 1. The highest BCUT2D eigenvalue weighted by Crippen LogP contribution is 2.31. The fourth-order valence-corrected chi connectivity index (χ4v) is 2.65. The van der Waals surface area contributed by atoms with Crippen LogP contribution in [0.5, 0.6) is 11.5 Å². The van der Waals surface area contributed by atoms with Gasteiger partial charge in [0, 0.05) is 0 Å². The topological polar surface area (TPSA) is 73.9 Å². The first-order valence-electron chi connectivity index (χ1n) is 7.33. The van der Waals surface area contributed by atoms with Crippen LogP contribution in [0.3, 0.4) is 0 Å². The number of anilines is 1. The Hall–Kier alpha value is -2.44. The Morgan fingerprint density at radius 2 is 1.76 bits per heavy atom. The van der Waals surface area contributed by atoms with Gasteiger partial charge < -0.3 is 19.5 Å². The molecule has 0 fully saturated rings. The number of halogens is 2. The van der Waals surface area contributed by atoms with Gasteiger partial charge in [-0.3, -0.25) is 4.79 Å². The first kappa shape index (κ1) is 17.4. The molecule has 8 heteroatoms. The van der Waals surface area contributed by atoms with E-state index in [0.29, 0.717) is 11.5 Å². The Morgan fingerprint density at radius 3 is 2.48 bits per heavy atom. The quantitative estimate of drug-likeness (QED) is 0.822. The number of esters is 1. The largest absolute Gasteiger partial charge is 0.485 e. The van der Waals surface area contributed by atoms with Crippen LogP contribution in [-0.2, 0) is 14.3 Å². The molecule has 1 atom stereocenters. The van der Waals surface area contributed by atoms with Crippen molar-refractivity contribution in [3.05, 3.63) is 52.5 Å². The molecular formula is C17H13Cl2NO5. The number of ether oxygens (including phenoxy) is 3. The average Bonchev–Trinajstić information content (AvgIpc) is 2.62. The van der Waals surface area contributed by atoms with E-state index in [-0.39, 0.29) is 22.3 Å². The zero-order valence-electron chi connectivity index (χ0n) is 12.8. The van der Waals surface area contributed by atoms with Crippen LogP contribution in [-0.4, -0.2) is 31.2 Å². The third-order valence-electron chi connectivity index (χ3n) is 3.34. The molecule has 0 unspecified atom stereocenters. The first-order valence-corrected chi connectivity index (χ1v) is 8.09. The molecule has 2 aromatic rings. The summed E-state index contributed by atoms with van der Waals surface area (Å²) in [5, 5.41) is 3.07. The molecule has 6 nitrogen and oxygen atoms in total. The average molecular weight is 382 g/mol. The molecule has 1 heterocycles. The molecule has 0 aromatic heterocycles. The van der Waals surface area contributed by atoms with Crippen LogP contribution < -0.4 is 14.8 Å². The Balaban J connectivity index is 1.53. The van der Waals surface area contributed by atoms with Crippen LogP contribution in [0.4, 0.5) is 5.69 Å². The summed E-state index contributed by atoms with van der Waals surface area (Å²) in [5.74, 6) is -0.268. The van der Waals surface area contributed by atoms with Crippen molar-refractivity contribution in [2.45, 2.75) is 6.10 Å². The van der Waals surface area contributed by atoms with Gasteiger partial charge in [0.2, 0.25) is 6.10 Å². The molecule has 0 radical (unpaired) electrons. The van der Waals surface area contributed by atoms with E-state index in [1.54, 1.807) is 42.5 Å². The first-order chi connectivity index (χ1) is 12.0. The summed E-state index contributed by atoms with van der Waals surface area (Å²) in [5.41, 5.74) is 0.262. The zero-order chi connectivity index (χ0) is 17.8. The molecule has 0 spiro atoms. The Kier molecular flexibility index (Phi) is 5.31. The van der Waals surface area contributed by atoms with E-state index < -0.39 is 24.6 Å². The van der Waals surface area contributed by atoms with E-state index in [9.17, 15) is 9.59 Å². The molecule has 0 saturated heterocycles. The minimum atomic E-state index is -0.938. The summed E-state index contributed by atoms with van der Waals surface area (Å²) < 4.78 is 15.9. The van der Waals surface area contributed by atoms with Crippen LogP contribution in [0.15, 0.2) is 42.5 Å². The van der Waals surface area contributed by atoms with E-state index in [4.69, 9.17) is 37.4 Å². The monoisotopic (exact) mass is 381 g/mol. The second-order valence-corrected chi connectivity index (χ2v) is 5.93. The maximum Gasteiger partial charge on any atom is 0.351 e. The van der Waals surface area contributed by atoms with Crippen LogP contribution in [0.25, 0.3) is 0 Å². The van der Waals surface area contributed by atoms with Crippen molar-refractivity contribution in [2.75, 3.05) is 18.5 Å². The molecule has 1 amide bonds. The van der Waals surface area contributed by atoms with E-state index >= 15 is 0 Å². The number of carbonyl (C=O) groups excluding carboxylic acids is 2. The predicted octanol–water partition coefficient (Wildman–Crippen LogP) is 3.32. The van der Waals surface area contributed by atoms with Gasteiger partial charge in [-0.2, -0.15) is 0 Å². The van der Waals surface area contributed by atoms with Gasteiger partial charge in [-0.1, -0.05) is 41.4 Å². The fraction of sp³-hybridized carbons (Fsp3) is 0.176. The van der Waals surface area contributed by atoms with Crippen LogP contribution in [0, 0.1) is 0 Å². The summed E-state index contributed by atoms with van der Waals surface area (Å²) in [6, 6.07) is 11.8. The van der Waals surface area contributed by atoms with Crippen LogP contribution in [0.2, 0.25) is 10.0 Å². The lowest BCUT2D eigenvalue weighted by molar-refractivity contribution is -0.156. The molecule has 0 aliphatic carbocycles. The van der Waals surface area contributed by atoms with Crippen molar-refractivity contribution in [2.24, 2.45) is 0 Å². The number of benzene rings is 2. The van der Waals surface area contributed by atoms with Crippen LogP contribution >= 0.6 is 23.2 Å². The lowest BCUT2D eigenvalue weighted by Crippen LogP contribution is -2.39. The summed E-state index contributed by atoms with van der Waals surface area (Å²) in [6.07, 6.45) is -0.938. The molecule has 3 rings (SSSR count). The van der Waals surface area contributed by atoms with Crippen molar-refractivity contribution < 1.29 is 23.8 Å². The normalized spacial score (nSPS) is 15.4. The number of hydrogen-bond acceptors (Lipinski definition) is 5. The van der Waals surface area contributed by atoms with E-state index in [1.807, 2.05) is 0 Å². The molecular weight excluding hydrogens is 369 g/mol. The van der Waals surface area contributed by atoms with E-state index in [2.05, 4.69) is 5.32 Å². The molecule has 1 N–H and O–H groups in total. The standard InChI is InChI=1S/C17H13Cl2NO5/c18-10-4-3-5-11(19)16(10)20-15(21)9-24-17(22)14-8-23-12-6-1-2-7-13(12)25-14/h1-7,14H,8-9H2,(H,20,21)/t14-/m0/s1. The highest BCUT2D eigenvalue weighted by molar-refractivity contribution is 6.39. The Labute approximate surface area is 153 Å². The second kappa shape index (κ2) is 7.63. The number of amides is 1. The van der Waals surface area contributed by atoms with Crippen molar-refractivity contribution in [1.29, 1.82) is 0 Å². The lowest BCUT2D eigenvalue weighted by Gasteiger charge is -2.24. The molecule has 130 valence electrons. The number of carbonyl (C=O) groups is 2. The molecule has 1 aliphatic rings. The van der Waals surface area contributed by atoms with E-state index in [0.717, 1.165) is 0 Å². The molecule has 2 aromatic carbocycles. The third kappa shape index (κ3) is 4.15. The summed E-state index contributed by atoms with van der Waals surface area (Å²) in [4.78, 5) is 24.0. The number of nitrogens with one attached hydrogen (secondary N) is 1. The summed E-state index contributed by atoms with van der Waals surface area (Å²) in [6.45, 7) is -0.490. The number of rotatable bonds is 4. The van der Waals surface area contributed by atoms with Crippen molar-refractivity contribution >= 4 is 40.8 Å². The Morgan fingerprint density at radius 1 is 1.08 bits per heavy atom. The minimum Gasteiger partial charge on any atom is -0.485 e. The highest BCUT2D eigenvalue weighted by atomic mass is 35.5. The van der Waals surface area contributed by atoms with Gasteiger partial charge in [-0.25, -0.2) is 4.79 Å². The van der Waals surface area contributed by atoms with Crippen molar-refractivity contribution in [3.63, 3.8) is 0 Å². The number of hydrogen-bond donors (Lipinski definition) is 1. The smallest absolute Gasteiger partial charge is 0.351 e. The van der Waals surface area contributed by atoms with Crippen LogP contribution in [0.1, 0.15) is 0 Å². The SMILES string of the molecule is O=C(COC(=O)[C@@H]1COc2ccccc2O1)Nc1c(Cl)cccc1Cl. The van der Waals surface area contributed by atoms with Gasteiger partial charge in [0.05, 0.1) is 15.7 Å². The lowest BCUT2D eigenvalue weighted by atomic mass is 10.2. The molecule has 1 aliphatic heterocycles. The fourth-order valence-electron chi connectivity index (χ4n) is 2.16. The second-order valence-electron chi connectivity index (χ2n) is 5.12. The summed E-state index contributed by atoms with van der Waals surface area (Å²) in [7, 11) is 0. The minimum absolute atomic E-state index is 0.00775. The highest BCUT2D eigenvalue weighted by Gasteiger charge is 2.29. The van der Waals surface area contributed by atoms with E-state index in [1.165, 1.54) is 0 Å². The third-order valence-corrected chi connectivity index (χ3v) is 3.97. The van der Waals surface area contributed by atoms with Gasteiger partial charge in [-0.15, -0.1) is 0 Å². The summed E-state index contributed by atoms with van der Waals surface area (Å²) >= 11 is 11.9. The molecule has 0 saturated carbocycles.